The maximum atomic E-state index is 6.19. The highest BCUT2D eigenvalue weighted by molar-refractivity contribution is 6.35. The van der Waals surface area contributed by atoms with Gasteiger partial charge in [0, 0.05) is 24.2 Å². The van der Waals surface area contributed by atoms with Crippen molar-refractivity contribution in [3.05, 3.63) is 34.1 Å². The normalized spacial score (nSPS) is 10.9. The number of halogens is 3. The van der Waals surface area contributed by atoms with E-state index >= 15 is 0 Å². The van der Waals surface area contributed by atoms with Crippen LogP contribution in [0.15, 0.2) is 18.2 Å². The van der Waals surface area contributed by atoms with Gasteiger partial charge in [-0.15, -0.1) is 21.8 Å². The molecule has 0 N–H and O–H groups in total. The Morgan fingerprint density at radius 1 is 1.26 bits per heavy atom. The van der Waals surface area contributed by atoms with E-state index in [2.05, 4.69) is 10.2 Å². The number of hydrogen-bond donors (Lipinski definition) is 0. The topological polar surface area (TPSA) is 39.9 Å². The van der Waals surface area contributed by atoms with Crippen LogP contribution in [0.25, 0.3) is 11.4 Å². The third-order valence-corrected chi connectivity index (χ3v) is 3.44. The van der Waals surface area contributed by atoms with Crippen molar-refractivity contribution < 1.29 is 4.74 Å². The lowest BCUT2D eigenvalue weighted by Crippen LogP contribution is -2.09. The van der Waals surface area contributed by atoms with Gasteiger partial charge in [-0.05, 0) is 18.2 Å². The van der Waals surface area contributed by atoms with E-state index in [1.54, 1.807) is 25.3 Å². The molecule has 1 aromatic carbocycles. The molecule has 0 bridgehead atoms. The number of alkyl halides is 1. The molecule has 0 fully saturated rings. The molecule has 0 aliphatic rings. The Labute approximate surface area is 126 Å². The van der Waals surface area contributed by atoms with Gasteiger partial charge in [0.25, 0.3) is 0 Å². The van der Waals surface area contributed by atoms with Crippen molar-refractivity contribution in [1.82, 2.24) is 14.8 Å². The number of methoxy groups -OCH3 is 1. The van der Waals surface area contributed by atoms with Crippen molar-refractivity contribution in [3.63, 3.8) is 0 Å². The molecule has 2 aromatic rings. The minimum atomic E-state index is 0.273. The smallest absolute Gasteiger partial charge is 0.165 e. The average molecular weight is 321 g/mol. The minimum Gasteiger partial charge on any atom is -0.383 e. The third kappa shape index (κ3) is 3.20. The molecule has 0 saturated carbocycles. The maximum absolute atomic E-state index is 6.19. The Morgan fingerprint density at radius 2 is 2.05 bits per heavy atom. The lowest BCUT2D eigenvalue weighted by molar-refractivity contribution is 0.187. The van der Waals surface area contributed by atoms with Gasteiger partial charge < -0.3 is 9.30 Å². The van der Waals surface area contributed by atoms with Crippen LogP contribution in [0.3, 0.4) is 0 Å². The zero-order chi connectivity index (χ0) is 13.8. The molecule has 0 radical (unpaired) electrons. The van der Waals surface area contributed by atoms with E-state index in [4.69, 9.17) is 39.5 Å². The molecule has 19 heavy (non-hydrogen) atoms. The molecule has 102 valence electrons. The van der Waals surface area contributed by atoms with Crippen LogP contribution >= 0.6 is 34.8 Å². The molecule has 0 atom stereocenters. The zero-order valence-electron chi connectivity index (χ0n) is 10.2. The zero-order valence-corrected chi connectivity index (χ0v) is 12.5. The van der Waals surface area contributed by atoms with Crippen molar-refractivity contribution in [1.29, 1.82) is 0 Å². The summed E-state index contributed by atoms with van der Waals surface area (Å²) in [6, 6.07) is 5.22. The first-order valence-electron chi connectivity index (χ1n) is 5.59. The Bertz CT molecular complexity index is 571. The molecule has 0 spiro atoms. The van der Waals surface area contributed by atoms with Crippen LogP contribution in [0, 0.1) is 0 Å². The van der Waals surface area contributed by atoms with Crippen molar-refractivity contribution >= 4 is 34.8 Å². The van der Waals surface area contributed by atoms with Gasteiger partial charge in [0.05, 0.1) is 17.5 Å². The second-order valence-corrected chi connectivity index (χ2v) is 4.95. The van der Waals surface area contributed by atoms with E-state index < -0.39 is 0 Å². The van der Waals surface area contributed by atoms with Gasteiger partial charge in [0.15, 0.2) is 5.82 Å². The number of hydrogen-bond acceptors (Lipinski definition) is 3. The summed E-state index contributed by atoms with van der Waals surface area (Å²) in [5, 5.41) is 9.36. The number of aromatic nitrogens is 3. The summed E-state index contributed by atoms with van der Waals surface area (Å²) in [4.78, 5) is 0. The monoisotopic (exact) mass is 319 g/mol. The lowest BCUT2D eigenvalue weighted by Gasteiger charge is -2.10. The summed E-state index contributed by atoms with van der Waals surface area (Å²) < 4.78 is 6.96. The molecule has 2 rings (SSSR count). The first-order valence-corrected chi connectivity index (χ1v) is 6.88. The first kappa shape index (κ1) is 14.6. The molecular weight excluding hydrogens is 309 g/mol. The highest BCUT2D eigenvalue weighted by atomic mass is 35.5. The standard InChI is InChI=1S/C12H12Cl3N3O/c1-19-5-4-18-11(7-13)16-17-12(18)9-6-8(14)2-3-10(9)15/h2-3,6H,4-5,7H2,1H3. The van der Waals surface area contributed by atoms with E-state index in [9.17, 15) is 0 Å². The van der Waals surface area contributed by atoms with Crippen molar-refractivity contribution in [3.8, 4) is 11.4 Å². The summed E-state index contributed by atoms with van der Waals surface area (Å²) >= 11 is 18.0. The van der Waals surface area contributed by atoms with Gasteiger partial charge in [-0.25, -0.2) is 0 Å². The first-order chi connectivity index (χ1) is 9.17. The van der Waals surface area contributed by atoms with Crippen molar-refractivity contribution in [2.45, 2.75) is 12.4 Å². The quantitative estimate of drug-likeness (QED) is 0.790. The predicted octanol–water partition coefficient (Wildman–Crippen LogP) is 3.64. The Kier molecular flexibility index (Phi) is 5.05. The Hall–Kier alpha value is -0.810. The molecule has 1 heterocycles. The maximum Gasteiger partial charge on any atom is 0.165 e. The summed E-state index contributed by atoms with van der Waals surface area (Å²) in [6.07, 6.45) is 0. The van der Waals surface area contributed by atoms with Crippen LogP contribution in [0.5, 0.6) is 0 Å². The van der Waals surface area contributed by atoms with Crippen LogP contribution in [-0.2, 0) is 17.2 Å². The fourth-order valence-electron chi connectivity index (χ4n) is 1.72. The molecule has 0 aliphatic heterocycles. The summed E-state index contributed by atoms with van der Waals surface area (Å²) in [7, 11) is 1.64. The number of rotatable bonds is 5. The minimum absolute atomic E-state index is 0.273. The molecule has 7 heteroatoms. The van der Waals surface area contributed by atoms with Gasteiger partial charge in [0.1, 0.15) is 5.82 Å². The van der Waals surface area contributed by atoms with Crippen molar-refractivity contribution in [2.75, 3.05) is 13.7 Å². The molecule has 0 saturated heterocycles. The lowest BCUT2D eigenvalue weighted by atomic mass is 10.2. The molecule has 1 aromatic heterocycles. The van der Waals surface area contributed by atoms with Gasteiger partial charge >= 0.3 is 0 Å². The molecule has 4 nitrogen and oxygen atoms in total. The van der Waals surface area contributed by atoms with Gasteiger partial charge in [-0.1, -0.05) is 23.2 Å². The second kappa shape index (κ2) is 6.57. The van der Waals surface area contributed by atoms with E-state index in [0.29, 0.717) is 34.8 Å². The molecular formula is C12H12Cl3N3O. The predicted molar refractivity (Wildman–Crippen MR) is 76.9 cm³/mol. The van der Waals surface area contributed by atoms with Crippen LogP contribution in [-0.4, -0.2) is 28.5 Å². The highest BCUT2D eigenvalue weighted by Crippen LogP contribution is 2.30. The third-order valence-electron chi connectivity index (χ3n) is 2.64. The highest BCUT2D eigenvalue weighted by Gasteiger charge is 2.15. The van der Waals surface area contributed by atoms with E-state index in [1.807, 2.05) is 4.57 Å². The Balaban J connectivity index is 2.49. The Morgan fingerprint density at radius 3 is 2.74 bits per heavy atom. The fourth-order valence-corrected chi connectivity index (χ4v) is 2.29. The second-order valence-electron chi connectivity index (χ2n) is 3.84. The largest absolute Gasteiger partial charge is 0.383 e. The van der Waals surface area contributed by atoms with Gasteiger partial charge in [-0.2, -0.15) is 0 Å². The van der Waals surface area contributed by atoms with Crippen LogP contribution in [0.2, 0.25) is 10.0 Å². The van der Waals surface area contributed by atoms with E-state index in [0.717, 1.165) is 5.56 Å². The van der Waals surface area contributed by atoms with Crippen molar-refractivity contribution in [2.24, 2.45) is 0 Å². The number of nitrogens with zero attached hydrogens (tertiary/aromatic N) is 3. The summed E-state index contributed by atoms with van der Waals surface area (Å²) in [5.41, 5.74) is 0.731. The fraction of sp³-hybridized carbons (Fsp3) is 0.333. The average Bonchev–Trinajstić information content (AvgIpc) is 2.81. The van der Waals surface area contributed by atoms with Gasteiger partial charge in [0.2, 0.25) is 0 Å². The summed E-state index contributed by atoms with van der Waals surface area (Å²) in [5.74, 6) is 1.58. The molecule has 0 aliphatic carbocycles. The molecule has 0 unspecified atom stereocenters. The summed E-state index contributed by atoms with van der Waals surface area (Å²) in [6.45, 7) is 1.14. The number of ether oxygens (including phenoxy) is 1. The number of benzene rings is 1. The van der Waals surface area contributed by atoms with Crippen LogP contribution in [0.1, 0.15) is 5.82 Å². The van der Waals surface area contributed by atoms with Gasteiger partial charge in [-0.3, -0.25) is 0 Å². The van der Waals surface area contributed by atoms with E-state index in [1.165, 1.54) is 0 Å². The SMILES string of the molecule is COCCn1c(CCl)nnc1-c1cc(Cl)ccc1Cl. The van der Waals surface area contributed by atoms with E-state index in [-0.39, 0.29) is 5.88 Å². The van der Waals surface area contributed by atoms with Crippen LogP contribution < -0.4 is 0 Å². The van der Waals surface area contributed by atoms with Crippen LogP contribution in [0.4, 0.5) is 0 Å². The molecule has 0 amide bonds.